The summed E-state index contributed by atoms with van der Waals surface area (Å²) < 4.78 is 43.5. The molecule has 5 nitrogen and oxygen atoms in total. The molecule has 0 aliphatic rings. The van der Waals surface area contributed by atoms with Crippen molar-refractivity contribution in [1.82, 2.24) is 0 Å². The molecular weight excluding hydrogens is 519 g/mol. The number of ether oxygens (including phenoxy) is 1. The van der Waals surface area contributed by atoms with Gasteiger partial charge in [0, 0.05) is 6.61 Å². The van der Waals surface area contributed by atoms with Crippen molar-refractivity contribution in [1.29, 1.82) is 0 Å². The molecule has 1 atom stereocenters. The van der Waals surface area contributed by atoms with E-state index < -0.39 is 16.7 Å². The van der Waals surface area contributed by atoms with Crippen LogP contribution in [-0.4, -0.2) is 25.9 Å². The molecule has 0 heterocycles. The van der Waals surface area contributed by atoms with Crippen molar-refractivity contribution in [2.24, 2.45) is 0 Å². The number of rotatable bonds is 32. The summed E-state index contributed by atoms with van der Waals surface area (Å²) in [7, 11) is -4.74. The zero-order valence-electron chi connectivity index (χ0n) is 26.5. The molecule has 0 saturated heterocycles. The summed E-state index contributed by atoms with van der Waals surface area (Å²) in [6.07, 6.45) is 34.0. The van der Waals surface area contributed by atoms with Crippen molar-refractivity contribution in [3.63, 3.8) is 0 Å². The van der Waals surface area contributed by atoms with Gasteiger partial charge in [-0.3, -0.25) is 0 Å². The first-order valence-corrected chi connectivity index (χ1v) is 18.1. The standard InChI is InChI=1S/C32H66O5S.Na/c1-3-5-7-9-11-13-15-17-19-21-23-25-27-29-31-36-32(37-38(33,34)35)30-28-26-24-22-20-18-16-14-12-10-8-6-4-2;/h32H,3-31H2,1-2H3,(H,33,34,35);/q;+1/p-1. The van der Waals surface area contributed by atoms with Gasteiger partial charge in [-0.15, -0.1) is 0 Å². The van der Waals surface area contributed by atoms with E-state index in [4.69, 9.17) is 4.74 Å². The van der Waals surface area contributed by atoms with Crippen LogP contribution in [0.4, 0.5) is 0 Å². The molecule has 230 valence electrons. The molecule has 0 saturated carbocycles. The van der Waals surface area contributed by atoms with Gasteiger partial charge in [0.1, 0.15) is 0 Å². The maximum Gasteiger partial charge on any atom is 1.00 e. The predicted octanol–water partition coefficient (Wildman–Crippen LogP) is 7.77. The van der Waals surface area contributed by atoms with Crippen molar-refractivity contribution < 1.29 is 51.4 Å². The van der Waals surface area contributed by atoms with Crippen LogP contribution in [0.25, 0.3) is 0 Å². The minimum atomic E-state index is -4.74. The quantitative estimate of drug-likeness (QED) is 0.0265. The third kappa shape index (κ3) is 36.8. The Morgan fingerprint density at radius 3 is 1.08 bits per heavy atom. The maximum atomic E-state index is 11.1. The van der Waals surface area contributed by atoms with Crippen LogP contribution >= 0.6 is 0 Å². The van der Waals surface area contributed by atoms with Gasteiger partial charge in [0.25, 0.3) is 0 Å². The van der Waals surface area contributed by atoms with Crippen LogP contribution in [0.15, 0.2) is 0 Å². The minimum absolute atomic E-state index is 0. The van der Waals surface area contributed by atoms with Crippen molar-refractivity contribution in [2.75, 3.05) is 6.61 Å². The molecule has 0 rings (SSSR count). The van der Waals surface area contributed by atoms with Crippen LogP contribution in [0, 0.1) is 0 Å². The summed E-state index contributed by atoms with van der Waals surface area (Å²) in [4.78, 5) is 0. The third-order valence-corrected chi connectivity index (χ3v) is 8.02. The van der Waals surface area contributed by atoms with E-state index in [2.05, 4.69) is 18.0 Å². The van der Waals surface area contributed by atoms with Crippen molar-refractivity contribution in [3.8, 4) is 0 Å². The number of hydrogen-bond acceptors (Lipinski definition) is 5. The first-order valence-electron chi connectivity index (χ1n) is 16.7. The fraction of sp³-hybridized carbons (Fsp3) is 1.00. The van der Waals surface area contributed by atoms with Gasteiger partial charge in [-0.05, 0) is 19.3 Å². The van der Waals surface area contributed by atoms with E-state index >= 15 is 0 Å². The molecule has 0 aromatic heterocycles. The van der Waals surface area contributed by atoms with E-state index in [0.29, 0.717) is 13.0 Å². The minimum Gasteiger partial charge on any atom is -0.725 e. The molecule has 0 fully saturated rings. The van der Waals surface area contributed by atoms with Crippen LogP contribution in [0.3, 0.4) is 0 Å². The van der Waals surface area contributed by atoms with Gasteiger partial charge in [-0.2, -0.15) is 0 Å². The van der Waals surface area contributed by atoms with Crippen LogP contribution in [-0.2, 0) is 19.3 Å². The summed E-state index contributed by atoms with van der Waals surface area (Å²) in [5.41, 5.74) is 0. The van der Waals surface area contributed by atoms with Gasteiger partial charge >= 0.3 is 29.6 Å². The van der Waals surface area contributed by atoms with Crippen molar-refractivity contribution in [2.45, 2.75) is 200 Å². The van der Waals surface area contributed by atoms with E-state index in [1.807, 2.05) is 0 Å². The largest absolute Gasteiger partial charge is 1.00 e. The summed E-state index contributed by atoms with van der Waals surface area (Å²) in [6.45, 7) is 4.98. The van der Waals surface area contributed by atoms with E-state index in [9.17, 15) is 13.0 Å². The molecule has 0 spiro atoms. The van der Waals surface area contributed by atoms with Gasteiger partial charge in [0.05, 0.1) is 0 Å². The molecule has 0 aromatic rings. The van der Waals surface area contributed by atoms with Crippen molar-refractivity contribution in [3.05, 3.63) is 0 Å². The van der Waals surface area contributed by atoms with Crippen molar-refractivity contribution >= 4 is 10.4 Å². The third-order valence-electron chi connectivity index (χ3n) is 7.57. The Balaban J connectivity index is 0. The smallest absolute Gasteiger partial charge is 0.725 e. The molecule has 0 radical (unpaired) electrons. The van der Waals surface area contributed by atoms with E-state index in [1.54, 1.807) is 0 Å². The zero-order chi connectivity index (χ0) is 28.0. The van der Waals surface area contributed by atoms with E-state index in [0.717, 1.165) is 32.1 Å². The molecule has 0 aromatic carbocycles. The molecular formula is C32H65NaO5S. The normalized spacial score (nSPS) is 12.5. The fourth-order valence-corrected chi connectivity index (χ4v) is 5.55. The Bertz CT molecular complexity index is 559. The van der Waals surface area contributed by atoms with E-state index in [-0.39, 0.29) is 29.6 Å². The van der Waals surface area contributed by atoms with Crippen LogP contribution in [0.5, 0.6) is 0 Å². The van der Waals surface area contributed by atoms with Gasteiger partial charge in [0.2, 0.25) is 10.4 Å². The number of hydrogen-bond donors (Lipinski definition) is 0. The second-order valence-corrected chi connectivity index (χ2v) is 12.4. The Hall–Kier alpha value is 0.830. The SMILES string of the molecule is CCCCCCCCCCCCCCCCOC(CCCCCCCCCCCCCCC)OS(=O)(=O)[O-].[Na+]. The van der Waals surface area contributed by atoms with Crippen LogP contribution < -0.4 is 29.6 Å². The maximum absolute atomic E-state index is 11.1. The number of unbranched alkanes of at least 4 members (excludes halogenated alkanes) is 25. The molecule has 0 bridgehead atoms. The summed E-state index contributed by atoms with van der Waals surface area (Å²) in [5.74, 6) is 0. The second-order valence-electron chi connectivity index (χ2n) is 11.4. The molecule has 39 heavy (non-hydrogen) atoms. The monoisotopic (exact) mass is 584 g/mol. The average Bonchev–Trinajstić information content (AvgIpc) is 2.88. The first-order chi connectivity index (χ1) is 18.5. The Morgan fingerprint density at radius 1 is 0.487 bits per heavy atom. The Kier molecular flexibility index (Phi) is 35.9. The molecule has 1 unspecified atom stereocenters. The predicted molar refractivity (Wildman–Crippen MR) is 161 cm³/mol. The summed E-state index contributed by atoms with van der Waals surface area (Å²) in [5, 5.41) is 0. The molecule has 0 amide bonds. The molecule has 0 N–H and O–H groups in total. The topological polar surface area (TPSA) is 75.7 Å². The first kappa shape index (κ1) is 42.0. The second kappa shape index (κ2) is 33.3. The van der Waals surface area contributed by atoms with Gasteiger partial charge < -0.3 is 9.29 Å². The zero-order valence-corrected chi connectivity index (χ0v) is 29.3. The van der Waals surface area contributed by atoms with Gasteiger partial charge in [0.15, 0.2) is 6.29 Å². The molecule has 0 aliphatic heterocycles. The summed E-state index contributed by atoms with van der Waals surface area (Å²) in [6, 6.07) is 0. The fourth-order valence-electron chi connectivity index (χ4n) is 5.13. The average molecular weight is 585 g/mol. The van der Waals surface area contributed by atoms with Crippen LogP contribution in [0.1, 0.15) is 194 Å². The molecule has 7 heteroatoms. The van der Waals surface area contributed by atoms with Crippen LogP contribution in [0.2, 0.25) is 0 Å². The summed E-state index contributed by atoms with van der Waals surface area (Å²) >= 11 is 0. The van der Waals surface area contributed by atoms with Gasteiger partial charge in [-0.25, -0.2) is 12.6 Å². The van der Waals surface area contributed by atoms with Gasteiger partial charge in [-0.1, -0.05) is 174 Å². The Labute approximate surface area is 267 Å². The molecule has 0 aliphatic carbocycles. The van der Waals surface area contributed by atoms with E-state index in [1.165, 1.54) is 141 Å². The Morgan fingerprint density at radius 2 is 0.769 bits per heavy atom.